The molecule has 1 rings (SSSR count). The fourth-order valence-corrected chi connectivity index (χ4v) is 0.647. The fourth-order valence-electron chi connectivity index (χ4n) is 0.471. The molecule has 0 saturated heterocycles. The van der Waals surface area contributed by atoms with Gasteiger partial charge in [0.2, 0.25) is 0 Å². The first kappa shape index (κ1) is 9.59. The van der Waals surface area contributed by atoms with E-state index in [2.05, 4.69) is 12.6 Å². The summed E-state index contributed by atoms with van der Waals surface area (Å²) < 4.78 is 0. The average molecular weight is 151 g/mol. The van der Waals surface area contributed by atoms with Crippen LogP contribution >= 0.6 is 12.6 Å². The normalized spacial score (nSPS) is 23.8. The van der Waals surface area contributed by atoms with Gasteiger partial charge in [-0.15, -0.1) is 0 Å². The molecule has 0 aromatic carbocycles. The molecule has 0 spiro atoms. The number of hydrogen-bond donors (Lipinski definition) is 1. The minimum atomic E-state index is -0.292. The van der Waals surface area contributed by atoms with Crippen LogP contribution in [0.1, 0.15) is 0 Å². The van der Waals surface area contributed by atoms with E-state index >= 15 is 0 Å². The molecule has 0 radical (unpaired) electrons. The third-order valence-corrected chi connectivity index (χ3v) is 1.29. The van der Waals surface area contributed by atoms with Crippen molar-refractivity contribution in [1.82, 2.24) is 5.06 Å². The summed E-state index contributed by atoms with van der Waals surface area (Å²) in [6.07, 6.45) is 6.64. The molecule has 0 aromatic heterocycles. The molecular formula is C5H6NNaOS. The first-order chi connectivity index (χ1) is 3.80. The fraction of sp³-hybridized carbons (Fsp3) is 0.200. The van der Waals surface area contributed by atoms with E-state index in [0.29, 0.717) is 0 Å². The van der Waals surface area contributed by atoms with Crippen LogP contribution in [-0.2, 0) is 0 Å². The van der Waals surface area contributed by atoms with Crippen molar-refractivity contribution in [1.29, 1.82) is 0 Å². The molecule has 1 aliphatic heterocycles. The summed E-state index contributed by atoms with van der Waals surface area (Å²) in [7, 11) is 0. The Hall–Kier alpha value is 0.590. The van der Waals surface area contributed by atoms with E-state index in [1.54, 1.807) is 18.2 Å². The maximum Gasteiger partial charge on any atom is 1.00 e. The van der Waals surface area contributed by atoms with Crippen LogP contribution in [0.25, 0.3) is 0 Å². The molecule has 1 heterocycles. The van der Waals surface area contributed by atoms with Gasteiger partial charge < -0.3 is 10.3 Å². The van der Waals surface area contributed by atoms with Crippen LogP contribution < -0.4 is 29.6 Å². The molecule has 0 fully saturated rings. The van der Waals surface area contributed by atoms with Crippen molar-refractivity contribution in [2.45, 2.75) is 5.37 Å². The van der Waals surface area contributed by atoms with Gasteiger partial charge in [0.15, 0.2) is 0 Å². The summed E-state index contributed by atoms with van der Waals surface area (Å²) in [5, 5.41) is 11.0. The molecule has 0 amide bonds. The molecule has 1 aliphatic rings. The van der Waals surface area contributed by atoms with Crippen molar-refractivity contribution in [3.63, 3.8) is 0 Å². The first-order valence-electron chi connectivity index (χ1n) is 2.29. The molecule has 1 atom stereocenters. The van der Waals surface area contributed by atoms with Gasteiger partial charge in [0, 0.05) is 0 Å². The van der Waals surface area contributed by atoms with E-state index in [0.717, 1.165) is 5.06 Å². The Labute approximate surface area is 81.9 Å². The number of hydrogen-bond acceptors (Lipinski definition) is 3. The standard InChI is InChI=1S/C5H6NOS.Na/c7-6-4-2-1-3-5(6)8;/h1-5,8H;/q-1;+1. The Morgan fingerprint density at radius 1 is 1.44 bits per heavy atom. The minimum absolute atomic E-state index is 0. The number of allylic oxidation sites excluding steroid dienone is 2. The summed E-state index contributed by atoms with van der Waals surface area (Å²) in [5.41, 5.74) is 0. The minimum Gasteiger partial charge on any atom is -0.758 e. The monoisotopic (exact) mass is 151 g/mol. The molecule has 1 unspecified atom stereocenters. The third-order valence-electron chi connectivity index (χ3n) is 0.888. The number of nitrogens with zero attached hydrogens (tertiary/aromatic N) is 1. The summed E-state index contributed by atoms with van der Waals surface area (Å²) in [5.74, 6) is 0. The van der Waals surface area contributed by atoms with Gasteiger partial charge in [-0.1, -0.05) is 12.2 Å². The molecule has 0 aromatic rings. The van der Waals surface area contributed by atoms with E-state index in [1.165, 1.54) is 6.20 Å². The molecule has 44 valence electrons. The SMILES string of the molecule is [Na+].[O-]N1C=CC=CC1S. The average Bonchev–Trinajstić information content (AvgIpc) is 1.77. The van der Waals surface area contributed by atoms with Crippen LogP contribution in [0.2, 0.25) is 0 Å². The van der Waals surface area contributed by atoms with Crippen LogP contribution in [-0.4, -0.2) is 10.4 Å². The Bertz CT molecular complexity index is 121. The zero-order valence-corrected chi connectivity index (χ0v) is 8.08. The second-order valence-corrected chi connectivity index (χ2v) is 2.03. The topological polar surface area (TPSA) is 26.3 Å². The van der Waals surface area contributed by atoms with Gasteiger partial charge in [-0.05, 0) is 12.3 Å². The van der Waals surface area contributed by atoms with E-state index in [1.807, 2.05) is 0 Å². The second-order valence-electron chi connectivity index (χ2n) is 1.50. The van der Waals surface area contributed by atoms with Crippen LogP contribution in [0.3, 0.4) is 0 Å². The Balaban J connectivity index is 0.000000640. The van der Waals surface area contributed by atoms with E-state index < -0.39 is 0 Å². The van der Waals surface area contributed by atoms with Gasteiger partial charge in [-0.2, -0.15) is 12.6 Å². The summed E-state index contributed by atoms with van der Waals surface area (Å²) in [4.78, 5) is 0. The van der Waals surface area contributed by atoms with Gasteiger partial charge in [0.1, 0.15) is 0 Å². The Morgan fingerprint density at radius 3 is 2.44 bits per heavy atom. The largest absolute Gasteiger partial charge is 1.00 e. The molecule has 4 heteroatoms. The zero-order chi connectivity index (χ0) is 5.98. The number of thiol groups is 1. The number of rotatable bonds is 0. The predicted octanol–water partition coefficient (Wildman–Crippen LogP) is -1.87. The van der Waals surface area contributed by atoms with Gasteiger partial charge in [-0.3, -0.25) is 0 Å². The smallest absolute Gasteiger partial charge is 0.758 e. The molecule has 0 aliphatic carbocycles. The van der Waals surface area contributed by atoms with Crippen LogP contribution in [0.5, 0.6) is 0 Å². The molecule has 9 heavy (non-hydrogen) atoms. The second kappa shape index (κ2) is 4.41. The quantitative estimate of drug-likeness (QED) is 0.324. The zero-order valence-electron chi connectivity index (χ0n) is 5.19. The summed E-state index contributed by atoms with van der Waals surface area (Å²) >= 11 is 3.93. The molecule has 0 saturated carbocycles. The van der Waals surface area contributed by atoms with Crippen molar-refractivity contribution in [3.05, 3.63) is 29.6 Å². The van der Waals surface area contributed by atoms with Crippen molar-refractivity contribution in [3.8, 4) is 0 Å². The van der Waals surface area contributed by atoms with Gasteiger partial charge in [0.25, 0.3) is 0 Å². The predicted molar refractivity (Wildman–Crippen MR) is 36.3 cm³/mol. The van der Waals surface area contributed by atoms with Crippen molar-refractivity contribution in [2.75, 3.05) is 0 Å². The Kier molecular flexibility index (Phi) is 4.70. The first-order valence-corrected chi connectivity index (χ1v) is 2.81. The third kappa shape index (κ3) is 2.78. The molecular weight excluding hydrogens is 145 g/mol. The molecule has 0 N–H and O–H groups in total. The van der Waals surface area contributed by atoms with Crippen LogP contribution in [0.4, 0.5) is 0 Å². The van der Waals surface area contributed by atoms with Crippen LogP contribution in [0, 0.1) is 5.21 Å². The van der Waals surface area contributed by atoms with Crippen molar-refractivity contribution < 1.29 is 29.6 Å². The maximum absolute atomic E-state index is 10.5. The van der Waals surface area contributed by atoms with Crippen molar-refractivity contribution in [2.24, 2.45) is 0 Å². The van der Waals surface area contributed by atoms with E-state index in [4.69, 9.17) is 0 Å². The molecule has 2 nitrogen and oxygen atoms in total. The summed E-state index contributed by atoms with van der Waals surface area (Å²) in [6.45, 7) is 0. The number of hydroxylamine groups is 2. The van der Waals surface area contributed by atoms with Crippen LogP contribution in [0.15, 0.2) is 24.4 Å². The summed E-state index contributed by atoms with van der Waals surface area (Å²) in [6, 6.07) is 0. The molecule has 0 bridgehead atoms. The Morgan fingerprint density at radius 2 is 2.11 bits per heavy atom. The van der Waals surface area contributed by atoms with Gasteiger partial charge >= 0.3 is 29.6 Å². The van der Waals surface area contributed by atoms with E-state index in [-0.39, 0.29) is 34.9 Å². The van der Waals surface area contributed by atoms with Gasteiger partial charge in [0.05, 0.1) is 5.37 Å². The van der Waals surface area contributed by atoms with Crippen molar-refractivity contribution >= 4 is 12.6 Å². The van der Waals surface area contributed by atoms with Gasteiger partial charge in [-0.25, -0.2) is 0 Å². The maximum atomic E-state index is 10.5. The van der Waals surface area contributed by atoms with E-state index in [9.17, 15) is 5.21 Å².